The first-order valence-corrected chi connectivity index (χ1v) is 11.7. The fraction of sp³-hybridized carbons (Fsp3) is 0.160. The Labute approximate surface area is 200 Å². The van der Waals surface area contributed by atoms with Gasteiger partial charge < -0.3 is 15.5 Å². The summed E-state index contributed by atoms with van der Waals surface area (Å²) in [5.74, 6) is 0.567. The van der Waals surface area contributed by atoms with E-state index in [-0.39, 0.29) is 11.6 Å². The quantitative estimate of drug-likeness (QED) is 0.414. The number of fused-ring (bicyclic) bond motifs is 1. The molecule has 1 amide bonds. The fourth-order valence-corrected chi connectivity index (χ4v) is 4.86. The summed E-state index contributed by atoms with van der Waals surface area (Å²) in [6.07, 6.45) is 0. The van der Waals surface area contributed by atoms with Crippen molar-refractivity contribution in [2.24, 2.45) is 0 Å². The van der Waals surface area contributed by atoms with Crippen LogP contribution in [-0.2, 0) is 4.79 Å². The van der Waals surface area contributed by atoms with E-state index >= 15 is 0 Å². The molecule has 3 aromatic carbocycles. The van der Waals surface area contributed by atoms with E-state index < -0.39 is 17.1 Å². The molecule has 0 aliphatic carbocycles. The number of anilines is 1. The molecule has 5 rings (SSSR count). The van der Waals surface area contributed by atoms with Crippen molar-refractivity contribution >= 4 is 23.4 Å². The number of hydrogen-bond acceptors (Lipinski definition) is 6. The summed E-state index contributed by atoms with van der Waals surface area (Å²) >= 11 is 1.28. The van der Waals surface area contributed by atoms with Crippen molar-refractivity contribution in [3.8, 4) is 17.1 Å². The van der Waals surface area contributed by atoms with Crippen LogP contribution in [0.5, 0.6) is 5.75 Å². The van der Waals surface area contributed by atoms with Gasteiger partial charge >= 0.3 is 0 Å². The van der Waals surface area contributed by atoms with Crippen LogP contribution in [0.1, 0.15) is 18.5 Å². The van der Waals surface area contributed by atoms with Crippen LogP contribution in [0.25, 0.3) is 11.4 Å². The molecule has 0 bridgehead atoms. The first-order chi connectivity index (χ1) is 16.6. The fourth-order valence-electron chi connectivity index (χ4n) is 3.78. The Hall–Kier alpha value is -3.85. The standard InChI is InChI=1S/C25H22FN5O2S/c1-2-33-18-14-12-16(13-15-18)21-22(24(32)27-20-11-7-6-10-19(20)26)34-25-29-28-23(31(25)30-21)17-8-4-3-5-9-17/h3-15,21-22,30H,2H2,1H3,(H,27,32). The smallest absolute Gasteiger partial charge is 0.240 e. The zero-order chi connectivity index (χ0) is 23.5. The number of ether oxygens (including phenoxy) is 1. The van der Waals surface area contributed by atoms with Crippen LogP contribution in [0, 0.1) is 5.82 Å². The average Bonchev–Trinajstić information content (AvgIpc) is 3.29. The third-order valence-corrected chi connectivity index (χ3v) is 6.62. The van der Waals surface area contributed by atoms with Crippen molar-refractivity contribution < 1.29 is 13.9 Å². The summed E-state index contributed by atoms with van der Waals surface area (Å²) in [5, 5.41) is 11.3. The lowest BCUT2D eigenvalue weighted by atomic mass is 10.0. The molecular formula is C25H22FN5O2S. The largest absolute Gasteiger partial charge is 0.494 e. The number of benzene rings is 3. The van der Waals surface area contributed by atoms with E-state index in [1.54, 1.807) is 16.8 Å². The van der Waals surface area contributed by atoms with Gasteiger partial charge in [-0.3, -0.25) is 4.79 Å². The first-order valence-electron chi connectivity index (χ1n) is 10.9. The van der Waals surface area contributed by atoms with Gasteiger partial charge in [0.05, 0.1) is 18.3 Å². The number of para-hydroxylation sites is 1. The van der Waals surface area contributed by atoms with Gasteiger partial charge in [0.2, 0.25) is 11.1 Å². The minimum atomic E-state index is -0.627. The van der Waals surface area contributed by atoms with E-state index in [9.17, 15) is 9.18 Å². The van der Waals surface area contributed by atoms with E-state index in [0.29, 0.717) is 17.6 Å². The van der Waals surface area contributed by atoms with Gasteiger partial charge in [-0.05, 0) is 36.8 Å². The number of aromatic nitrogens is 3. The molecule has 9 heteroatoms. The molecule has 0 fully saturated rings. The molecule has 4 aromatic rings. The van der Waals surface area contributed by atoms with Gasteiger partial charge in [0.25, 0.3) is 0 Å². The van der Waals surface area contributed by atoms with Crippen LogP contribution in [0.4, 0.5) is 10.1 Å². The summed E-state index contributed by atoms with van der Waals surface area (Å²) in [6.45, 7) is 2.49. The molecule has 7 nitrogen and oxygen atoms in total. The van der Waals surface area contributed by atoms with Crippen molar-refractivity contribution in [1.82, 2.24) is 14.9 Å². The second-order valence-electron chi connectivity index (χ2n) is 7.62. The number of hydrogen-bond donors (Lipinski definition) is 2. The minimum absolute atomic E-state index is 0.135. The molecule has 0 radical (unpaired) electrons. The Balaban J connectivity index is 1.51. The van der Waals surface area contributed by atoms with Crippen LogP contribution in [-0.4, -0.2) is 32.6 Å². The van der Waals surface area contributed by atoms with Gasteiger partial charge in [0.1, 0.15) is 16.8 Å². The Morgan fingerprint density at radius 1 is 1.06 bits per heavy atom. The van der Waals surface area contributed by atoms with Crippen LogP contribution in [0.15, 0.2) is 84.0 Å². The van der Waals surface area contributed by atoms with Gasteiger partial charge in [-0.2, -0.15) is 0 Å². The van der Waals surface area contributed by atoms with Gasteiger partial charge in [-0.1, -0.05) is 66.4 Å². The molecule has 2 unspecified atom stereocenters. The van der Waals surface area contributed by atoms with E-state index in [1.165, 1.54) is 23.9 Å². The van der Waals surface area contributed by atoms with Crippen molar-refractivity contribution in [1.29, 1.82) is 0 Å². The maximum Gasteiger partial charge on any atom is 0.240 e. The lowest BCUT2D eigenvalue weighted by Crippen LogP contribution is -2.41. The van der Waals surface area contributed by atoms with E-state index in [2.05, 4.69) is 20.9 Å². The molecule has 2 heterocycles. The maximum absolute atomic E-state index is 14.2. The number of nitrogens with one attached hydrogen (secondary N) is 2. The summed E-state index contributed by atoms with van der Waals surface area (Å²) in [4.78, 5) is 13.3. The van der Waals surface area contributed by atoms with Crippen molar-refractivity contribution in [2.45, 2.75) is 23.4 Å². The zero-order valence-electron chi connectivity index (χ0n) is 18.3. The minimum Gasteiger partial charge on any atom is -0.494 e. The van der Waals surface area contributed by atoms with Crippen molar-refractivity contribution in [3.63, 3.8) is 0 Å². The predicted molar refractivity (Wildman–Crippen MR) is 130 cm³/mol. The second-order valence-corrected chi connectivity index (χ2v) is 8.73. The SMILES string of the molecule is CCOc1ccc(C2Nn3c(nnc3-c3ccccc3)SC2C(=O)Nc2ccccc2F)cc1. The molecule has 34 heavy (non-hydrogen) atoms. The van der Waals surface area contributed by atoms with E-state index in [1.807, 2.05) is 61.5 Å². The van der Waals surface area contributed by atoms with Gasteiger partial charge in [-0.15, -0.1) is 10.2 Å². The third kappa shape index (κ3) is 4.34. The van der Waals surface area contributed by atoms with Crippen molar-refractivity contribution in [2.75, 3.05) is 17.3 Å². The molecule has 0 saturated carbocycles. The number of rotatable bonds is 6. The summed E-state index contributed by atoms with van der Waals surface area (Å²) in [5.41, 5.74) is 5.33. The normalized spacial score (nSPS) is 16.9. The maximum atomic E-state index is 14.2. The highest BCUT2D eigenvalue weighted by Gasteiger charge is 2.38. The van der Waals surface area contributed by atoms with Gasteiger partial charge in [0.15, 0.2) is 5.82 Å². The molecule has 1 aliphatic heterocycles. The van der Waals surface area contributed by atoms with Crippen molar-refractivity contribution in [3.05, 3.63) is 90.2 Å². The summed E-state index contributed by atoms with van der Waals surface area (Å²) in [7, 11) is 0. The highest BCUT2D eigenvalue weighted by Crippen LogP contribution is 2.39. The number of nitrogens with zero attached hydrogens (tertiary/aromatic N) is 3. The molecule has 172 valence electrons. The Morgan fingerprint density at radius 3 is 2.53 bits per heavy atom. The summed E-state index contributed by atoms with van der Waals surface area (Å²) in [6, 6.07) is 23.0. The third-order valence-electron chi connectivity index (χ3n) is 5.41. The van der Waals surface area contributed by atoms with Crippen LogP contribution in [0.3, 0.4) is 0 Å². The van der Waals surface area contributed by atoms with Gasteiger partial charge in [0, 0.05) is 5.56 Å². The Bertz CT molecular complexity index is 1300. The molecule has 2 atom stereocenters. The number of amides is 1. The number of carbonyl (C=O) groups excluding carboxylic acids is 1. The molecule has 0 saturated heterocycles. The molecule has 1 aromatic heterocycles. The van der Waals surface area contributed by atoms with Crippen LogP contribution < -0.4 is 15.5 Å². The van der Waals surface area contributed by atoms with Crippen LogP contribution in [0.2, 0.25) is 0 Å². The number of carbonyl (C=O) groups is 1. The molecule has 1 aliphatic rings. The molecule has 0 spiro atoms. The topological polar surface area (TPSA) is 81.1 Å². The van der Waals surface area contributed by atoms with Gasteiger partial charge in [-0.25, -0.2) is 9.07 Å². The Morgan fingerprint density at radius 2 is 1.79 bits per heavy atom. The monoisotopic (exact) mass is 475 g/mol. The summed E-state index contributed by atoms with van der Waals surface area (Å²) < 4.78 is 21.6. The van der Waals surface area contributed by atoms with E-state index in [0.717, 1.165) is 16.9 Å². The lowest BCUT2D eigenvalue weighted by Gasteiger charge is -2.33. The molecule has 2 N–H and O–H groups in total. The van der Waals surface area contributed by atoms with Crippen LogP contribution >= 0.6 is 11.8 Å². The number of thioether (sulfide) groups is 1. The predicted octanol–water partition coefficient (Wildman–Crippen LogP) is 4.88. The second kappa shape index (κ2) is 9.56. The highest BCUT2D eigenvalue weighted by atomic mass is 32.2. The van der Waals surface area contributed by atoms with E-state index in [4.69, 9.17) is 4.74 Å². The number of halogens is 1. The zero-order valence-corrected chi connectivity index (χ0v) is 19.1. The molecular weight excluding hydrogens is 453 g/mol. The Kier molecular flexibility index (Phi) is 6.18. The average molecular weight is 476 g/mol. The lowest BCUT2D eigenvalue weighted by molar-refractivity contribution is -0.116. The highest BCUT2D eigenvalue weighted by molar-refractivity contribution is 8.00. The first kappa shape index (κ1) is 22.0.